The number of hydrogen-bond acceptors (Lipinski definition) is 4. The highest BCUT2D eigenvalue weighted by Crippen LogP contribution is 2.38. The Hall–Kier alpha value is -1.63. The monoisotopic (exact) mass is 305 g/mol. The van der Waals surface area contributed by atoms with Crippen LogP contribution in [0.2, 0.25) is 0 Å². The molecule has 1 aromatic rings. The molecule has 2 rings (SSSR count). The van der Waals surface area contributed by atoms with Crippen molar-refractivity contribution in [3.63, 3.8) is 0 Å². The Morgan fingerprint density at radius 2 is 1.95 bits per heavy atom. The van der Waals surface area contributed by atoms with Crippen molar-refractivity contribution in [2.75, 3.05) is 13.4 Å². The van der Waals surface area contributed by atoms with E-state index in [1.165, 1.54) is 0 Å². The van der Waals surface area contributed by atoms with Gasteiger partial charge in [-0.15, -0.1) is 0 Å². The fourth-order valence-electron chi connectivity index (χ4n) is 2.06. The third-order valence-corrected chi connectivity index (χ3v) is 2.96. The molecule has 0 radical (unpaired) electrons. The van der Waals surface area contributed by atoms with Gasteiger partial charge in [-0.05, 0) is 31.4 Å². The molecule has 0 saturated heterocycles. The summed E-state index contributed by atoms with van der Waals surface area (Å²) in [5, 5.41) is 0. The molecule has 2 N–H and O–H groups in total. The fourth-order valence-corrected chi connectivity index (χ4v) is 2.06. The van der Waals surface area contributed by atoms with Gasteiger partial charge in [0.2, 0.25) is 6.79 Å². The van der Waals surface area contributed by atoms with Crippen molar-refractivity contribution in [2.24, 2.45) is 5.73 Å². The molecule has 118 valence electrons. The molecule has 0 amide bonds. The van der Waals surface area contributed by atoms with Gasteiger partial charge in [0.1, 0.15) is 5.75 Å². The third kappa shape index (κ3) is 4.70. The summed E-state index contributed by atoms with van der Waals surface area (Å²) < 4.78 is 52.3. The van der Waals surface area contributed by atoms with E-state index in [9.17, 15) is 13.2 Å². The second kappa shape index (κ2) is 6.43. The summed E-state index contributed by atoms with van der Waals surface area (Å²) in [4.78, 5) is 0. The number of halogens is 3. The van der Waals surface area contributed by atoms with E-state index in [0.717, 1.165) is 5.56 Å². The molecule has 0 aliphatic carbocycles. The lowest BCUT2D eigenvalue weighted by atomic mass is 10.1. The highest BCUT2D eigenvalue weighted by Gasteiger charge is 2.26. The average molecular weight is 305 g/mol. The molecule has 1 aliphatic rings. The number of hydrogen-bond donors (Lipinski definition) is 1. The summed E-state index contributed by atoms with van der Waals surface area (Å²) >= 11 is 0. The van der Waals surface area contributed by atoms with Crippen LogP contribution in [-0.2, 0) is 6.42 Å². The van der Waals surface area contributed by atoms with Gasteiger partial charge in [0.05, 0.1) is 6.61 Å². The maximum Gasteiger partial charge on any atom is 0.389 e. The second-order valence-corrected chi connectivity index (χ2v) is 5.06. The van der Waals surface area contributed by atoms with E-state index in [1.807, 2.05) is 6.92 Å². The molecule has 1 heterocycles. The zero-order chi connectivity index (χ0) is 15.5. The van der Waals surface area contributed by atoms with Crippen LogP contribution in [-0.4, -0.2) is 25.6 Å². The molecule has 21 heavy (non-hydrogen) atoms. The van der Waals surface area contributed by atoms with E-state index in [0.29, 0.717) is 23.7 Å². The molecule has 1 aliphatic heterocycles. The summed E-state index contributed by atoms with van der Waals surface area (Å²) in [5.74, 6) is 1.64. The molecule has 1 unspecified atom stereocenters. The molecule has 0 fully saturated rings. The molecule has 0 spiro atoms. The molecule has 1 aromatic carbocycles. The maximum atomic E-state index is 12.1. The molecule has 4 nitrogen and oxygen atoms in total. The predicted octanol–water partition coefficient (Wildman–Crippen LogP) is 3.03. The number of fused-ring (bicyclic) bond motifs is 1. The zero-order valence-corrected chi connectivity index (χ0v) is 11.7. The van der Waals surface area contributed by atoms with Crippen LogP contribution in [0.25, 0.3) is 0 Å². The number of nitrogens with two attached hydrogens (primary N) is 1. The molecule has 0 saturated carbocycles. The summed E-state index contributed by atoms with van der Waals surface area (Å²) in [6.07, 6.45) is -4.56. The minimum absolute atomic E-state index is 0.00882. The standard InChI is InChI=1S/C14H18F3NO3/c1-9(18)5-10-6-12-13(21-8-20-12)7-11(10)19-4-2-3-14(15,16)17/h6-7,9H,2-5,8,18H2,1H3. The Bertz CT molecular complexity index is 489. The van der Waals surface area contributed by atoms with Gasteiger partial charge in [-0.3, -0.25) is 0 Å². The van der Waals surface area contributed by atoms with Gasteiger partial charge in [-0.25, -0.2) is 0 Å². The Morgan fingerprint density at radius 3 is 2.57 bits per heavy atom. The minimum atomic E-state index is -4.16. The highest BCUT2D eigenvalue weighted by atomic mass is 19.4. The summed E-state index contributed by atoms with van der Waals surface area (Å²) in [5.41, 5.74) is 6.58. The zero-order valence-electron chi connectivity index (χ0n) is 11.7. The molecular formula is C14H18F3NO3. The predicted molar refractivity (Wildman–Crippen MR) is 70.7 cm³/mol. The van der Waals surface area contributed by atoms with E-state index in [4.69, 9.17) is 19.9 Å². The van der Waals surface area contributed by atoms with Crippen LogP contribution in [0.1, 0.15) is 25.3 Å². The van der Waals surface area contributed by atoms with Crippen molar-refractivity contribution in [1.29, 1.82) is 0 Å². The maximum absolute atomic E-state index is 12.1. The van der Waals surface area contributed by atoms with E-state index in [-0.39, 0.29) is 25.9 Å². The van der Waals surface area contributed by atoms with Crippen LogP contribution in [0.15, 0.2) is 12.1 Å². The van der Waals surface area contributed by atoms with Crippen LogP contribution in [0.4, 0.5) is 13.2 Å². The fraction of sp³-hybridized carbons (Fsp3) is 0.571. The number of alkyl halides is 3. The number of benzene rings is 1. The first kappa shape index (κ1) is 15.8. The molecule has 7 heteroatoms. The van der Waals surface area contributed by atoms with Gasteiger partial charge in [0.15, 0.2) is 11.5 Å². The van der Waals surface area contributed by atoms with Crippen molar-refractivity contribution >= 4 is 0 Å². The van der Waals surface area contributed by atoms with E-state index < -0.39 is 12.6 Å². The summed E-state index contributed by atoms with van der Waals surface area (Å²) in [6.45, 7) is 1.97. The average Bonchev–Trinajstić information content (AvgIpc) is 2.79. The number of rotatable bonds is 6. The van der Waals surface area contributed by atoms with Crippen LogP contribution >= 0.6 is 0 Å². The topological polar surface area (TPSA) is 53.7 Å². The SMILES string of the molecule is CC(N)Cc1cc2c(cc1OCCCC(F)(F)F)OCO2. The van der Waals surface area contributed by atoms with Crippen molar-refractivity contribution in [3.05, 3.63) is 17.7 Å². The van der Waals surface area contributed by atoms with Crippen molar-refractivity contribution in [3.8, 4) is 17.2 Å². The highest BCUT2D eigenvalue weighted by molar-refractivity contribution is 5.52. The summed E-state index contributed by atoms with van der Waals surface area (Å²) in [6, 6.07) is 3.32. The first-order valence-corrected chi connectivity index (χ1v) is 6.73. The third-order valence-electron chi connectivity index (χ3n) is 2.96. The lowest BCUT2D eigenvalue weighted by Gasteiger charge is -2.14. The van der Waals surface area contributed by atoms with Crippen molar-refractivity contribution < 1.29 is 27.4 Å². The van der Waals surface area contributed by atoms with Crippen molar-refractivity contribution in [1.82, 2.24) is 0 Å². The Balaban J connectivity index is 2.02. The van der Waals surface area contributed by atoms with Crippen LogP contribution in [0.5, 0.6) is 17.2 Å². The summed E-state index contributed by atoms with van der Waals surface area (Å²) in [7, 11) is 0. The smallest absolute Gasteiger partial charge is 0.389 e. The van der Waals surface area contributed by atoms with E-state index in [1.54, 1.807) is 12.1 Å². The first-order chi connectivity index (χ1) is 9.85. The van der Waals surface area contributed by atoms with Gasteiger partial charge in [0, 0.05) is 18.5 Å². The lowest BCUT2D eigenvalue weighted by Crippen LogP contribution is -2.18. The van der Waals surface area contributed by atoms with Gasteiger partial charge in [0.25, 0.3) is 0 Å². The van der Waals surface area contributed by atoms with Gasteiger partial charge >= 0.3 is 6.18 Å². The van der Waals surface area contributed by atoms with E-state index >= 15 is 0 Å². The van der Waals surface area contributed by atoms with E-state index in [2.05, 4.69) is 0 Å². The molecule has 0 bridgehead atoms. The molecular weight excluding hydrogens is 287 g/mol. The Morgan fingerprint density at radius 1 is 1.29 bits per heavy atom. The molecule has 1 atom stereocenters. The molecule has 0 aromatic heterocycles. The van der Waals surface area contributed by atoms with Gasteiger partial charge in [-0.1, -0.05) is 0 Å². The Labute approximate surface area is 121 Å². The van der Waals surface area contributed by atoms with Gasteiger partial charge < -0.3 is 19.9 Å². The van der Waals surface area contributed by atoms with Crippen LogP contribution in [0.3, 0.4) is 0 Å². The van der Waals surface area contributed by atoms with Crippen LogP contribution in [0, 0.1) is 0 Å². The van der Waals surface area contributed by atoms with Crippen LogP contribution < -0.4 is 19.9 Å². The number of ether oxygens (including phenoxy) is 3. The second-order valence-electron chi connectivity index (χ2n) is 5.06. The van der Waals surface area contributed by atoms with Crippen molar-refractivity contribution in [2.45, 2.75) is 38.4 Å². The first-order valence-electron chi connectivity index (χ1n) is 6.73. The quantitative estimate of drug-likeness (QED) is 0.821. The minimum Gasteiger partial charge on any atom is -0.493 e. The van der Waals surface area contributed by atoms with Gasteiger partial charge in [-0.2, -0.15) is 13.2 Å². The normalized spacial score (nSPS) is 15.1. The lowest BCUT2D eigenvalue weighted by molar-refractivity contribution is -0.136. The largest absolute Gasteiger partial charge is 0.493 e. The Kier molecular flexibility index (Phi) is 4.82.